The lowest BCUT2D eigenvalue weighted by molar-refractivity contribution is -0.147. The highest BCUT2D eigenvalue weighted by atomic mass is 16.4. The first-order chi connectivity index (χ1) is 9.80. The molecule has 3 amide bonds. The predicted molar refractivity (Wildman–Crippen MR) is 77.9 cm³/mol. The van der Waals surface area contributed by atoms with E-state index in [4.69, 9.17) is 0 Å². The molecule has 21 heavy (non-hydrogen) atoms. The van der Waals surface area contributed by atoms with Crippen LogP contribution in [0.2, 0.25) is 0 Å². The van der Waals surface area contributed by atoms with Crippen LogP contribution in [0.3, 0.4) is 0 Å². The molecule has 2 N–H and O–H groups in total. The van der Waals surface area contributed by atoms with Crippen LogP contribution in [0.5, 0.6) is 0 Å². The fourth-order valence-electron chi connectivity index (χ4n) is 2.41. The lowest BCUT2D eigenvalue weighted by atomic mass is 10.0. The molecule has 0 unspecified atom stereocenters. The number of carbonyl (C=O) groups excluding carboxylic acids is 2. The summed E-state index contributed by atoms with van der Waals surface area (Å²) in [5, 5.41) is 11.7. The van der Waals surface area contributed by atoms with Crippen LogP contribution >= 0.6 is 0 Å². The Labute approximate surface area is 125 Å². The van der Waals surface area contributed by atoms with Gasteiger partial charge >= 0.3 is 12.0 Å². The van der Waals surface area contributed by atoms with Crippen LogP contribution in [0.4, 0.5) is 4.79 Å². The number of carboxylic acids is 1. The Hall–Kier alpha value is -1.79. The van der Waals surface area contributed by atoms with Crippen molar-refractivity contribution in [1.29, 1.82) is 0 Å². The molecule has 1 heterocycles. The second-order valence-corrected chi connectivity index (χ2v) is 5.71. The maximum atomic E-state index is 12.1. The number of carboxylic acid groups (broad SMARTS) is 1. The van der Waals surface area contributed by atoms with Crippen molar-refractivity contribution in [3.63, 3.8) is 0 Å². The number of amides is 3. The third kappa shape index (κ3) is 4.34. The molecular formula is C14H25N3O4. The molecule has 7 nitrogen and oxygen atoms in total. The first-order valence-electron chi connectivity index (χ1n) is 7.37. The van der Waals surface area contributed by atoms with Gasteiger partial charge in [-0.3, -0.25) is 4.79 Å². The highest BCUT2D eigenvalue weighted by Gasteiger charge is 2.37. The van der Waals surface area contributed by atoms with E-state index in [-0.39, 0.29) is 19.0 Å². The van der Waals surface area contributed by atoms with Crippen molar-refractivity contribution in [2.75, 3.05) is 26.2 Å². The van der Waals surface area contributed by atoms with E-state index in [2.05, 4.69) is 5.32 Å². The molecule has 120 valence electrons. The second kappa shape index (κ2) is 7.28. The molecule has 0 aliphatic carbocycles. The summed E-state index contributed by atoms with van der Waals surface area (Å²) < 4.78 is 0. The van der Waals surface area contributed by atoms with E-state index in [0.29, 0.717) is 0 Å². The number of aliphatic carboxylic acids is 1. The molecule has 0 atom stereocenters. The molecule has 0 aromatic heterocycles. The highest BCUT2D eigenvalue weighted by Crippen LogP contribution is 2.14. The molecule has 1 saturated heterocycles. The van der Waals surface area contributed by atoms with Crippen LogP contribution in [0, 0.1) is 0 Å². The summed E-state index contributed by atoms with van der Waals surface area (Å²) >= 11 is 0. The topological polar surface area (TPSA) is 90.0 Å². The smallest absolute Gasteiger partial charge is 0.329 e. The molecule has 0 spiro atoms. The highest BCUT2D eigenvalue weighted by molar-refractivity contribution is 5.88. The lowest BCUT2D eigenvalue weighted by Gasteiger charge is -2.34. The van der Waals surface area contributed by atoms with Gasteiger partial charge in [0.25, 0.3) is 0 Å². The summed E-state index contributed by atoms with van der Waals surface area (Å²) in [6, 6.07) is -0.532. The van der Waals surface area contributed by atoms with Crippen molar-refractivity contribution in [1.82, 2.24) is 15.1 Å². The summed E-state index contributed by atoms with van der Waals surface area (Å²) in [4.78, 5) is 38.2. The number of hydrogen-bond acceptors (Lipinski definition) is 3. The van der Waals surface area contributed by atoms with Crippen molar-refractivity contribution < 1.29 is 19.5 Å². The zero-order valence-electron chi connectivity index (χ0n) is 13.0. The van der Waals surface area contributed by atoms with Gasteiger partial charge in [-0.15, -0.1) is 0 Å². The Morgan fingerprint density at radius 1 is 1.19 bits per heavy atom. The van der Waals surface area contributed by atoms with Crippen LogP contribution in [0.1, 0.15) is 40.0 Å². The minimum atomic E-state index is -1.31. The SMILES string of the molecule is CCN(C(=O)NCC(=O)N1CCCCC1)C(C)(C)C(=O)O. The van der Waals surface area contributed by atoms with E-state index in [9.17, 15) is 19.5 Å². The molecule has 0 radical (unpaired) electrons. The Morgan fingerprint density at radius 3 is 2.24 bits per heavy atom. The van der Waals surface area contributed by atoms with E-state index in [1.807, 2.05) is 0 Å². The normalized spacial score (nSPS) is 15.5. The molecule has 7 heteroatoms. The van der Waals surface area contributed by atoms with Crippen LogP contribution in [-0.4, -0.2) is 64.5 Å². The molecule has 0 aromatic rings. The van der Waals surface area contributed by atoms with Gasteiger partial charge in [0.05, 0.1) is 6.54 Å². The fraction of sp³-hybridized carbons (Fsp3) is 0.786. The molecule has 1 aliphatic rings. The lowest BCUT2D eigenvalue weighted by Crippen LogP contribution is -2.57. The molecule has 1 fully saturated rings. The van der Waals surface area contributed by atoms with Gasteiger partial charge in [0, 0.05) is 19.6 Å². The average molecular weight is 299 g/mol. The number of likely N-dealkylation sites (N-methyl/N-ethyl adjacent to an activating group) is 1. The first-order valence-corrected chi connectivity index (χ1v) is 7.37. The standard InChI is InChI=1S/C14H25N3O4/c1-4-17(14(2,3)12(19)20)13(21)15-10-11(18)16-8-6-5-7-9-16/h4-10H2,1-3H3,(H,15,21)(H,19,20). The van der Waals surface area contributed by atoms with Gasteiger partial charge in [-0.05, 0) is 40.0 Å². The Morgan fingerprint density at radius 2 is 1.76 bits per heavy atom. The maximum absolute atomic E-state index is 12.1. The predicted octanol–water partition coefficient (Wildman–Crippen LogP) is 0.894. The van der Waals surface area contributed by atoms with Gasteiger partial charge < -0.3 is 20.2 Å². The number of nitrogens with one attached hydrogen (secondary N) is 1. The number of carbonyl (C=O) groups is 3. The van der Waals surface area contributed by atoms with Gasteiger partial charge in [0.1, 0.15) is 5.54 Å². The number of likely N-dealkylation sites (tertiary alicyclic amines) is 1. The van der Waals surface area contributed by atoms with Gasteiger partial charge in [0.15, 0.2) is 0 Å². The van der Waals surface area contributed by atoms with Crippen LogP contribution < -0.4 is 5.32 Å². The van der Waals surface area contributed by atoms with Crippen molar-refractivity contribution in [2.45, 2.75) is 45.6 Å². The minimum Gasteiger partial charge on any atom is -0.480 e. The largest absolute Gasteiger partial charge is 0.480 e. The number of piperidine rings is 1. The number of nitrogens with zero attached hydrogens (tertiary/aromatic N) is 2. The van der Waals surface area contributed by atoms with E-state index in [1.165, 1.54) is 18.7 Å². The molecule has 0 saturated carbocycles. The Bertz CT molecular complexity index is 403. The summed E-state index contributed by atoms with van der Waals surface area (Å²) in [7, 11) is 0. The minimum absolute atomic E-state index is 0.0922. The van der Waals surface area contributed by atoms with Crippen molar-refractivity contribution in [3.8, 4) is 0 Å². The zero-order valence-corrected chi connectivity index (χ0v) is 13.0. The van der Waals surface area contributed by atoms with Crippen molar-refractivity contribution in [2.24, 2.45) is 0 Å². The van der Waals surface area contributed by atoms with Crippen molar-refractivity contribution >= 4 is 17.9 Å². The Kier molecular flexibility index (Phi) is 5.99. The van der Waals surface area contributed by atoms with E-state index < -0.39 is 17.5 Å². The van der Waals surface area contributed by atoms with E-state index in [1.54, 1.807) is 11.8 Å². The van der Waals surface area contributed by atoms with E-state index in [0.717, 1.165) is 32.4 Å². The number of rotatable bonds is 5. The molecule has 0 aromatic carbocycles. The first kappa shape index (κ1) is 17.3. The second-order valence-electron chi connectivity index (χ2n) is 5.71. The quantitative estimate of drug-likeness (QED) is 0.789. The third-order valence-electron chi connectivity index (χ3n) is 3.86. The van der Waals surface area contributed by atoms with Crippen LogP contribution in [-0.2, 0) is 9.59 Å². The number of urea groups is 1. The number of hydrogen-bond donors (Lipinski definition) is 2. The monoisotopic (exact) mass is 299 g/mol. The van der Waals surface area contributed by atoms with Gasteiger partial charge in [-0.25, -0.2) is 9.59 Å². The summed E-state index contributed by atoms with van der Waals surface area (Å²) in [5.74, 6) is -1.20. The summed E-state index contributed by atoms with van der Waals surface area (Å²) in [6.45, 7) is 6.25. The zero-order chi connectivity index (χ0) is 16.0. The molecule has 1 rings (SSSR count). The van der Waals surface area contributed by atoms with Gasteiger partial charge in [-0.1, -0.05) is 0 Å². The molecule has 0 bridgehead atoms. The van der Waals surface area contributed by atoms with E-state index >= 15 is 0 Å². The molecular weight excluding hydrogens is 274 g/mol. The average Bonchev–Trinajstić information content (AvgIpc) is 2.46. The molecule has 1 aliphatic heterocycles. The van der Waals surface area contributed by atoms with Crippen LogP contribution in [0.25, 0.3) is 0 Å². The van der Waals surface area contributed by atoms with Gasteiger partial charge in [-0.2, -0.15) is 0 Å². The summed E-state index contributed by atoms with van der Waals surface area (Å²) in [6.07, 6.45) is 3.12. The Balaban J connectivity index is 2.54. The van der Waals surface area contributed by atoms with Crippen molar-refractivity contribution in [3.05, 3.63) is 0 Å². The fourth-order valence-corrected chi connectivity index (χ4v) is 2.41. The van der Waals surface area contributed by atoms with Gasteiger partial charge in [0.2, 0.25) is 5.91 Å². The summed E-state index contributed by atoms with van der Waals surface area (Å²) in [5.41, 5.74) is -1.31. The maximum Gasteiger partial charge on any atom is 0.329 e. The van der Waals surface area contributed by atoms with Crippen LogP contribution in [0.15, 0.2) is 0 Å². The third-order valence-corrected chi connectivity index (χ3v) is 3.86.